The van der Waals surface area contributed by atoms with Crippen LogP contribution < -0.4 is 4.72 Å². The molecule has 0 aliphatic rings. The fraction of sp³-hybridized carbons (Fsp3) is 0. The molecule has 0 saturated carbocycles. The third kappa shape index (κ3) is 2.41. The number of halogens is 2. The van der Waals surface area contributed by atoms with E-state index in [0.717, 1.165) is 12.1 Å². The van der Waals surface area contributed by atoms with Crippen molar-refractivity contribution in [1.29, 1.82) is 0 Å². The predicted octanol–water partition coefficient (Wildman–Crippen LogP) is 1.49. The number of rotatable bonds is 3. The highest BCUT2D eigenvalue weighted by atomic mass is 32.2. The highest BCUT2D eigenvalue weighted by Gasteiger charge is 2.17. The minimum absolute atomic E-state index is 0.0544. The Bertz CT molecular complexity index is 626. The predicted molar refractivity (Wildman–Crippen MR) is 55.8 cm³/mol. The van der Waals surface area contributed by atoms with Gasteiger partial charge in [-0.3, -0.25) is 4.72 Å². The Balaban J connectivity index is 2.33. The van der Waals surface area contributed by atoms with Crippen molar-refractivity contribution in [2.45, 2.75) is 4.90 Å². The topological polar surface area (TPSA) is 74.8 Å². The summed E-state index contributed by atoms with van der Waals surface area (Å²) in [7, 11) is -3.89. The van der Waals surface area contributed by atoms with E-state index in [1.54, 1.807) is 0 Å². The van der Waals surface area contributed by atoms with Crippen molar-refractivity contribution in [3.05, 3.63) is 42.5 Å². The van der Waals surface area contributed by atoms with Gasteiger partial charge in [0.15, 0.2) is 0 Å². The molecule has 2 rings (SSSR count). The summed E-state index contributed by atoms with van der Waals surface area (Å²) >= 11 is 0. The Kier molecular flexibility index (Phi) is 2.80. The summed E-state index contributed by atoms with van der Waals surface area (Å²) in [4.78, 5) is 5.37. The zero-order valence-electron chi connectivity index (χ0n) is 8.31. The van der Waals surface area contributed by atoms with E-state index >= 15 is 0 Å². The molecule has 0 amide bonds. The first kappa shape index (κ1) is 11.5. The van der Waals surface area contributed by atoms with Crippen LogP contribution in [0.3, 0.4) is 0 Å². The quantitative estimate of drug-likeness (QED) is 0.820. The molecule has 0 aliphatic carbocycles. The average molecular weight is 259 g/mol. The molecule has 17 heavy (non-hydrogen) atoms. The number of sulfonamides is 1. The molecular formula is C9H7F2N3O2S. The molecule has 2 aromatic rings. The third-order valence-corrected chi connectivity index (χ3v) is 3.30. The zero-order valence-corrected chi connectivity index (χ0v) is 9.13. The Morgan fingerprint density at radius 2 is 2.00 bits per heavy atom. The first-order chi connectivity index (χ1) is 7.99. The normalized spacial score (nSPS) is 11.4. The van der Waals surface area contributed by atoms with Gasteiger partial charge in [-0.2, -0.15) is 13.8 Å². The lowest BCUT2D eigenvalue weighted by atomic mass is 10.4. The van der Waals surface area contributed by atoms with E-state index in [2.05, 4.69) is 9.97 Å². The SMILES string of the molecule is O=S(=O)(Nc1ccc(F)nc1F)c1cc[nH]c1. The Morgan fingerprint density at radius 1 is 1.24 bits per heavy atom. The van der Waals surface area contributed by atoms with Crippen LogP contribution in [0.5, 0.6) is 0 Å². The maximum atomic E-state index is 13.1. The first-order valence-electron chi connectivity index (χ1n) is 4.47. The van der Waals surface area contributed by atoms with Gasteiger partial charge in [-0.05, 0) is 18.2 Å². The van der Waals surface area contributed by atoms with E-state index in [9.17, 15) is 17.2 Å². The molecule has 0 radical (unpaired) electrons. The van der Waals surface area contributed by atoms with Crippen LogP contribution in [0.4, 0.5) is 14.5 Å². The van der Waals surface area contributed by atoms with Gasteiger partial charge >= 0.3 is 0 Å². The summed E-state index contributed by atoms with van der Waals surface area (Å²) in [6.45, 7) is 0. The van der Waals surface area contributed by atoms with Crippen molar-refractivity contribution < 1.29 is 17.2 Å². The van der Waals surface area contributed by atoms with Gasteiger partial charge in [0, 0.05) is 12.4 Å². The molecule has 0 bridgehead atoms. The number of nitrogens with one attached hydrogen (secondary N) is 2. The van der Waals surface area contributed by atoms with E-state index in [1.165, 1.54) is 18.5 Å². The molecule has 2 aromatic heterocycles. The van der Waals surface area contributed by atoms with Crippen molar-refractivity contribution in [1.82, 2.24) is 9.97 Å². The van der Waals surface area contributed by atoms with Crippen LogP contribution in [0, 0.1) is 11.9 Å². The number of pyridine rings is 1. The summed E-state index contributed by atoms with van der Waals surface area (Å²) in [6, 6.07) is 3.12. The Morgan fingerprint density at radius 3 is 2.59 bits per heavy atom. The van der Waals surface area contributed by atoms with Crippen LogP contribution in [0.1, 0.15) is 0 Å². The summed E-state index contributed by atoms with van der Waals surface area (Å²) in [5, 5.41) is 0. The fourth-order valence-electron chi connectivity index (χ4n) is 1.17. The number of hydrogen-bond donors (Lipinski definition) is 2. The smallest absolute Gasteiger partial charge is 0.263 e. The molecule has 0 saturated heterocycles. The standard InChI is InChI=1S/C9H7F2N3O2S/c10-8-2-1-7(9(11)13-8)14-17(15,16)6-3-4-12-5-6/h1-5,12,14H. The lowest BCUT2D eigenvalue weighted by Gasteiger charge is -2.06. The number of aromatic amines is 1. The lowest BCUT2D eigenvalue weighted by molar-refractivity contribution is 0.515. The molecule has 0 atom stereocenters. The lowest BCUT2D eigenvalue weighted by Crippen LogP contribution is -2.14. The monoisotopic (exact) mass is 259 g/mol. The number of aromatic nitrogens is 2. The van der Waals surface area contributed by atoms with Crippen molar-refractivity contribution in [3.8, 4) is 0 Å². The van der Waals surface area contributed by atoms with E-state index in [-0.39, 0.29) is 4.90 Å². The molecule has 0 aromatic carbocycles. The van der Waals surface area contributed by atoms with Gasteiger partial charge < -0.3 is 4.98 Å². The van der Waals surface area contributed by atoms with Crippen molar-refractivity contribution in [3.63, 3.8) is 0 Å². The number of nitrogens with zero attached hydrogens (tertiary/aromatic N) is 1. The van der Waals surface area contributed by atoms with Crippen molar-refractivity contribution in [2.75, 3.05) is 4.72 Å². The molecule has 90 valence electrons. The van der Waals surface area contributed by atoms with Gasteiger partial charge in [0.05, 0.1) is 0 Å². The first-order valence-corrected chi connectivity index (χ1v) is 5.95. The summed E-state index contributed by atoms with van der Waals surface area (Å²) in [5.74, 6) is -2.24. The molecule has 2 N–H and O–H groups in total. The number of anilines is 1. The Labute approximate surface area is 95.6 Å². The number of hydrogen-bond acceptors (Lipinski definition) is 3. The molecule has 8 heteroatoms. The highest BCUT2D eigenvalue weighted by Crippen LogP contribution is 2.17. The average Bonchev–Trinajstić information content (AvgIpc) is 2.76. The molecule has 5 nitrogen and oxygen atoms in total. The third-order valence-electron chi connectivity index (χ3n) is 1.94. The van der Waals surface area contributed by atoms with Gasteiger partial charge in [0.25, 0.3) is 10.0 Å². The highest BCUT2D eigenvalue weighted by molar-refractivity contribution is 7.92. The van der Waals surface area contributed by atoms with Crippen LogP contribution in [0.2, 0.25) is 0 Å². The number of H-pyrrole nitrogens is 1. The van der Waals surface area contributed by atoms with Crippen LogP contribution in [-0.4, -0.2) is 18.4 Å². The van der Waals surface area contributed by atoms with Crippen LogP contribution in [0.25, 0.3) is 0 Å². The minimum atomic E-state index is -3.89. The summed E-state index contributed by atoms with van der Waals surface area (Å²) < 4.78 is 51.0. The van der Waals surface area contributed by atoms with Gasteiger partial charge in [-0.15, -0.1) is 0 Å². The molecular weight excluding hydrogens is 252 g/mol. The zero-order chi connectivity index (χ0) is 12.5. The van der Waals surface area contributed by atoms with E-state index in [0.29, 0.717) is 0 Å². The second-order valence-electron chi connectivity index (χ2n) is 3.12. The molecule has 2 heterocycles. The van der Waals surface area contributed by atoms with Crippen LogP contribution in [-0.2, 0) is 10.0 Å². The summed E-state index contributed by atoms with van der Waals surface area (Å²) in [6.07, 6.45) is 2.64. The maximum Gasteiger partial charge on any atom is 0.263 e. The van der Waals surface area contributed by atoms with Crippen LogP contribution >= 0.6 is 0 Å². The molecule has 0 aliphatic heterocycles. The van der Waals surface area contributed by atoms with E-state index < -0.39 is 27.6 Å². The van der Waals surface area contributed by atoms with Gasteiger partial charge in [-0.25, -0.2) is 8.42 Å². The van der Waals surface area contributed by atoms with Crippen molar-refractivity contribution >= 4 is 15.7 Å². The molecule has 0 unspecified atom stereocenters. The maximum absolute atomic E-state index is 13.1. The largest absolute Gasteiger partial charge is 0.366 e. The Hall–Kier alpha value is -1.96. The fourth-order valence-corrected chi connectivity index (χ4v) is 2.20. The second-order valence-corrected chi connectivity index (χ2v) is 4.81. The van der Waals surface area contributed by atoms with Gasteiger partial charge in [0.1, 0.15) is 10.6 Å². The van der Waals surface area contributed by atoms with E-state index in [1.807, 2.05) is 4.72 Å². The molecule has 0 spiro atoms. The minimum Gasteiger partial charge on any atom is -0.366 e. The van der Waals surface area contributed by atoms with Gasteiger partial charge in [0.2, 0.25) is 11.9 Å². The second kappa shape index (κ2) is 4.13. The summed E-state index contributed by atoms with van der Waals surface area (Å²) in [5.41, 5.74) is -0.410. The van der Waals surface area contributed by atoms with Crippen LogP contribution in [0.15, 0.2) is 35.5 Å². The van der Waals surface area contributed by atoms with E-state index in [4.69, 9.17) is 0 Å². The molecule has 0 fully saturated rings. The van der Waals surface area contributed by atoms with Crippen molar-refractivity contribution in [2.24, 2.45) is 0 Å². The van der Waals surface area contributed by atoms with Gasteiger partial charge in [-0.1, -0.05) is 0 Å².